The number of hydrogen-bond acceptors (Lipinski definition) is 10. The minimum atomic E-state index is -0.723. The summed E-state index contributed by atoms with van der Waals surface area (Å²) < 4.78 is 45.0. The van der Waals surface area contributed by atoms with Gasteiger partial charge in [-0.3, -0.25) is 4.90 Å². The van der Waals surface area contributed by atoms with Crippen molar-refractivity contribution in [3.8, 4) is 29.0 Å². The van der Waals surface area contributed by atoms with Gasteiger partial charge in [-0.05, 0) is 56.3 Å². The number of halogens is 3. The van der Waals surface area contributed by atoms with E-state index in [2.05, 4.69) is 33.1 Å². The number of hydrogen-bond donors (Lipinski definition) is 2. The molecule has 3 N–H and O–H groups in total. The molecule has 3 fully saturated rings. The smallest absolute Gasteiger partial charge is 0.319 e. The number of anilines is 2. The van der Waals surface area contributed by atoms with Crippen LogP contribution in [-0.4, -0.2) is 72.4 Å². The molecule has 0 amide bonds. The lowest BCUT2D eigenvalue weighted by Gasteiger charge is -2.32. The molecule has 2 aromatic heterocycles. The topological polar surface area (TPSA) is 113 Å². The number of benzene rings is 2. The molecule has 0 saturated carbocycles. The first-order valence-electron chi connectivity index (χ1n) is 15.4. The predicted octanol–water partition coefficient (Wildman–Crippen LogP) is 5.71. The van der Waals surface area contributed by atoms with E-state index in [1.165, 1.54) is 12.1 Å². The van der Waals surface area contributed by atoms with Crippen molar-refractivity contribution in [1.82, 2.24) is 20.2 Å². The van der Waals surface area contributed by atoms with Gasteiger partial charge in [0.25, 0.3) is 0 Å². The van der Waals surface area contributed by atoms with Crippen LogP contribution in [0.5, 0.6) is 11.8 Å². The van der Waals surface area contributed by atoms with E-state index in [9.17, 15) is 9.65 Å². The van der Waals surface area contributed by atoms with Crippen LogP contribution >= 0.6 is 22.9 Å². The van der Waals surface area contributed by atoms with E-state index in [4.69, 9.17) is 31.8 Å². The van der Waals surface area contributed by atoms with Crippen molar-refractivity contribution in [2.45, 2.75) is 44.2 Å². The SMILES string of the molecule is C[C@H]1CN2CCC[C@@]2(COc2nc3c4c(c(Cl)c(-c5ccc(F)c6sc(N)c(C#N)c56)c(F)c4n2)OCC2CNCCCN32)C1. The molecule has 3 atom stereocenters. The lowest BCUT2D eigenvalue weighted by Crippen LogP contribution is -2.44. The quantitative estimate of drug-likeness (QED) is 0.287. The zero-order chi connectivity index (χ0) is 31.0. The molecule has 0 aliphatic carbocycles. The fraction of sp³-hybridized carbons (Fsp3) is 0.469. The molecule has 4 aliphatic heterocycles. The summed E-state index contributed by atoms with van der Waals surface area (Å²) >= 11 is 7.99. The summed E-state index contributed by atoms with van der Waals surface area (Å²) in [6.45, 7) is 7.21. The number of fused-ring (bicyclic) bond motifs is 4. The van der Waals surface area contributed by atoms with Gasteiger partial charge < -0.3 is 25.4 Å². The molecular weight excluding hydrogens is 620 g/mol. The van der Waals surface area contributed by atoms with Crippen molar-refractivity contribution in [1.29, 1.82) is 5.26 Å². The third kappa shape index (κ3) is 4.42. The minimum Gasteiger partial charge on any atom is -0.489 e. The maximum Gasteiger partial charge on any atom is 0.319 e. The molecule has 13 heteroatoms. The van der Waals surface area contributed by atoms with Gasteiger partial charge in [-0.15, -0.1) is 11.3 Å². The van der Waals surface area contributed by atoms with E-state index in [0.717, 1.165) is 56.7 Å². The van der Waals surface area contributed by atoms with E-state index in [1.807, 2.05) is 0 Å². The largest absolute Gasteiger partial charge is 0.489 e. The summed E-state index contributed by atoms with van der Waals surface area (Å²) in [5.74, 6) is 0.0631. The molecule has 8 rings (SSSR count). The summed E-state index contributed by atoms with van der Waals surface area (Å²) in [5.41, 5.74) is 6.31. The Morgan fingerprint density at radius 1 is 1.27 bits per heavy atom. The van der Waals surface area contributed by atoms with Crippen molar-refractivity contribution >= 4 is 54.7 Å². The van der Waals surface area contributed by atoms with Crippen molar-refractivity contribution < 1.29 is 18.3 Å². The lowest BCUT2D eigenvalue weighted by molar-refractivity contribution is 0.107. The standard InChI is InChI=1S/C32H32ClF2N7O2S/c1-16-10-32(6-2-8-41(32)13-16)15-44-31-39-26-23-27(43-14-17-12-38-7-3-9-42(17)30(23)40-31)24(33)22(25(26)35)18-4-5-20(34)28-21(18)19(11-36)29(37)45-28/h4-5,16-17,38H,2-3,6-10,12-15,37H2,1H3/t16-,17?,32+/m1/s1. The Morgan fingerprint density at radius 2 is 2.13 bits per heavy atom. The van der Waals surface area contributed by atoms with Crippen LogP contribution in [0.2, 0.25) is 5.02 Å². The Hall–Kier alpha value is -3.50. The highest BCUT2D eigenvalue weighted by molar-refractivity contribution is 7.23. The van der Waals surface area contributed by atoms with Crippen LogP contribution in [0.4, 0.5) is 19.6 Å². The van der Waals surface area contributed by atoms with Gasteiger partial charge in [0, 0.05) is 30.6 Å². The zero-order valence-electron chi connectivity index (χ0n) is 24.8. The average Bonchev–Trinajstić information content (AvgIpc) is 3.55. The number of nitriles is 1. The number of aromatic nitrogens is 2. The molecule has 9 nitrogen and oxygen atoms in total. The molecule has 0 bridgehead atoms. The molecule has 4 aliphatic rings. The first kappa shape index (κ1) is 28.9. The van der Waals surface area contributed by atoms with E-state index >= 15 is 4.39 Å². The van der Waals surface area contributed by atoms with Gasteiger partial charge >= 0.3 is 6.01 Å². The van der Waals surface area contributed by atoms with Crippen molar-refractivity contribution in [2.24, 2.45) is 5.92 Å². The van der Waals surface area contributed by atoms with E-state index in [0.29, 0.717) is 36.8 Å². The van der Waals surface area contributed by atoms with E-state index < -0.39 is 11.6 Å². The van der Waals surface area contributed by atoms with Gasteiger partial charge in [0.1, 0.15) is 41.4 Å². The second-order valence-electron chi connectivity index (χ2n) is 12.7. The van der Waals surface area contributed by atoms with E-state index in [-0.39, 0.29) is 72.3 Å². The number of nitrogens with zero attached hydrogens (tertiary/aromatic N) is 5. The third-order valence-corrected chi connectivity index (χ3v) is 11.3. The maximum atomic E-state index is 17.1. The molecule has 234 valence electrons. The van der Waals surface area contributed by atoms with Crippen molar-refractivity contribution in [2.75, 3.05) is 56.6 Å². The van der Waals surface area contributed by atoms with Crippen LogP contribution in [0.3, 0.4) is 0 Å². The minimum absolute atomic E-state index is 0.00186. The average molecular weight is 652 g/mol. The molecule has 45 heavy (non-hydrogen) atoms. The zero-order valence-corrected chi connectivity index (χ0v) is 26.3. The Balaban J connectivity index is 1.35. The number of rotatable bonds is 4. The second-order valence-corrected chi connectivity index (χ2v) is 14.2. The predicted molar refractivity (Wildman–Crippen MR) is 171 cm³/mol. The first-order chi connectivity index (χ1) is 21.8. The highest BCUT2D eigenvalue weighted by atomic mass is 35.5. The molecule has 1 unspecified atom stereocenters. The van der Waals surface area contributed by atoms with Crippen LogP contribution in [0.15, 0.2) is 12.1 Å². The molecule has 6 heterocycles. The van der Waals surface area contributed by atoms with Crippen molar-refractivity contribution in [3.63, 3.8) is 0 Å². The van der Waals surface area contributed by atoms with Gasteiger partial charge in [-0.1, -0.05) is 24.6 Å². The Kier molecular flexibility index (Phi) is 6.94. The van der Waals surface area contributed by atoms with Crippen LogP contribution in [0.1, 0.15) is 38.2 Å². The van der Waals surface area contributed by atoms with Crippen molar-refractivity contribution in [3.05, 3.63) is 34.4 Å². The second kappa shape index (κ2) is 10.8. The Labute approximate surface area is 267 Å². The Morgan fingerprint density at radius 3 is 2.98 bits per heavy atom. The lowest BCUT2D eigenvalue weighted by atomic mass is 9.92. The molecule has 4 aromatic rings. The fourth-order valence-electron chi connectivity index (χ4n) is 7.95. The van der Waals surface area contributed by atoms with Crippen LogP contribution in [-0.2, 0) is 0 Å². The van der Waals surface area contributed by atoms with Gasteiger partial charge in [0.15, 0.2) is 11.6 Å². The van der Waals surface area contributed by atoms with Crippen LogP contribution < -0.4 is 25.4 Å². The highest BCUT2D eigenvalue weighted by Crippen LogP contribution is 2.51. The molecule has 0 radical (unpaired) electrons. The van der Waals surface area contributed by atoms with Gasteiger partial charge in [-0.25, -0.2) is 8.78 Å². The number of thiophene rings is 1. The van der Waals surface area contributed by atoms with Gasteiger partial charge in [0.05, 0.1) is 32.3 Å². The van der Waals surface area contributed by atoms with Crippen LogP contribution in [0, 0.1) is 28.9 Å². The molecule has 3 saturated heterocycles. The summed E-state index contributed by atoms with van der Waals surface area (Å²) in [7, 11) is 0. The fourth-order valence-corrected chi connectivity index (χ4v) is 9.24. The van der Waals surface area contributed by atoms with Crippen LogP contribution in [0.25, 0.3) is 32.1 Å². The number of nitrogens with two attached hydrogens (primary N) is 1. The Bertz CT molecular complexity index is 1910. The van der Waals surface area contributed by atoms with Gasteiger partial charge in [0.2, 0.25) is 0 Å². The molecular formula is C32H32ClF2N7O2S. The summed E-state index contributed by atoms with van der Waals surface area (Å²) in [6.07, 6.45) is 4.05. The molecule has 2 aromatic carbocycles. The number of nitrogens with one attached hydrogen (secondary N) is 1. The monoisotopic (exact) mass is 651 g/mol. The first-order valence-corrected chi connectivity index (χ1v) is 16.6. The number of ether oxygens (including phenoxy) is 2. The van der Waals surface area contributed by atoms with Gasteiger partial charge in [-0.2, -0.15) is 15.2 Å². The molecule has 0 spiro atoms. The maximum absolute atomic E-state index is 17.1. The third-order valence-electron chi connectivity index (χ3n) is 9.88. The summed E-state index contributed by atoms with van der Waals surface area (Å²) in [5, 5.41) is 14.1. The number of nitrogen functional groups attached to an aromatic ring is 1. The summed E-state index contributed by atoms with van der Waals surface area (Å²) in [4.78, 5) is 14.2. The normalized spacial score (nSPS) is 24.6. The van der Waals surface area contributed by atoms with E-state index in [1.54, 1.807) is 0 Å². The summed E-state index contributed by atoms with van der Waals surface area (Å²) in [6, 6.07) is 4.73. The highest BCUT2D eigenvalue weighted by Gasteiger charge is 2.48.